The van der Waals surface area contributed by atoms with Crippen LogP contribution in [0.25, 0.3) is 0 Å². The third-order valence-electron chi connectivity index (χ3n) is 4.77. The van der Waals surface area contributed by atoms with Crippen LogP contribution in [-0.2, 0) is 0 Å². The normalized spacial score (nSPS) is 13.6. The molecule has 0 heterocycles. The number of phenolic OH excluding ortho intramolecular Hbond substituents is 1. The number of hydrogen-bond acceptors (Lipinski definition) is 5. The van der Waals surface area contributed by atoms with Crippen LogP contribution in [0.2, 0.25) is 0 Å². The Morgan fingerprint density at radius 2 is 1.77 bits per heavy atom. The molecule has 0 radical (unpaired) electrons. The highest BCUT2D eigenvalue weighted by atomic mass is 32.1. The molecule has 8 heteroatoms. The first-order valence-corrected chi connectivity index (χ1v) is 10.3. The van der Waals surface area contributed by atoms with Crippen LogP contribution < -0.4 is 10.5 Å². The van der Waals surface area contributed by atoms with Gasteiger partial charge in [-0.05, 0) is 29.5 Å². The molecule has 4 N–H and O–H groups in total. The zero-order valence-electron chi connectivity index (χ0n) is 18.8. The second kappa shape index (κ2) is 9.87. The molecule has 0 aliphatic carbocycles. The fourth-order valence-electron chi connectivity index (χ4n) is 3.13. The summed E-state index contributed by atoms with van der Waals surface area (Å²) in [4.78, 5) is 23.0. The van der Waals surface area contributed by atoms with Crippen molar-refractivity contribution in [2.45, 2.75) is 33.7 Å². The number of carbonyl (C=O) groups excluding carboxylic acids is 1. The fraction of sp³-hybridized carbons (Fsp3) is 0.348. The number of carbonyl (C=O) groups is 1. The van der Waals surface area contributed by atoms with Gasteiger partial charge in [-0.25, -0.2) is 4.99 Å². The summed E-state index contributed by atoms with van der Waals surface area (Å²) in [5.41, 5.74) is 8.06. The number of rotatable bonds is 4. The first-order chi connectivity index (χ1) is 14.5. The summed E-state index contributed by atoms with van der Waals surface area (Å²) in [6, 6.07) is 13.0. The number of aryl methyl sites for hydroxylation is 1. The minimum atomic E-state index is -0.316. The standard InChI is InChI=1S/C23H31N5O2S/c1-14-12-13-16(18(29)17(14)22(30)28(5)6)25-20(24)21(27-31)26-19(23(2,3)4)15-10-8-7-9-11-15/h7-13,19,29,31H,1-6H3,(H2,24,25)(H,26,27)/t19-/m0/s1. The number of aliphatic imine (C=N–C) groups is 2. The first kappa shape index (κ1) is 24.3. The molecule has 0 spiro atoms. The van der Waals surface area contributed by atoms with Crippen molar-refractivity contribution < 1.29 is 9.90 Å². The van der Waals surface area contributed by atoms with Crippen molar-refractivity contribution in [3.8, 4) is 5.75 Å². The molecule has 31 heavy (non-hydrogen) atoms. The van der Waals surface area contributed by atoms with E-state index in [1.54, 1.807) is 33.2 Å². The Morgan fingerprint density at radius 1 is 1.16 bits per heavy atom. The van der Waals surface area contributed by atoms with Gasteiger partial charge in [0.25, 0.3) is 5.91 Å². The van der Waals surface area contributed by atoms with Gasteiger partial charge in [0, 0.05) is 14.1 Å². The number of hydrogen-bond donors (Lipinski definition) is 4. The molecule has 2 rings (SSSR count). The highest BCUT2D eigenvalue weighted by molar-refractivity contribution is 7.78. The van der Waals surface area contributed by atoms with Crippen molar-refractivity contribution >= 4 is 36.1 Å². The Hall–Kier alpha value is -3.00. The van der Waals surface area contributed by atoms with E-state index in [1.807, 2.05) is 30.3 Å². The Balaban J connectivity index is 2.54. The predicted molar refractivity (Wildman–Crippen MR) is 130 cm³/mol. The maximum absolute atomic E-state index is 12.5. The van der Waals surface area contributed by atoms with Crippen LogP contribution in [0.3, 0.4) is 0 Å². The Bertz CT molecular complexity index is 995. The first-order valence-electron chi connectivity index (χ1n) is 9.89. The third kappa shape index (κ3) is 5.79. The van der Waals surface area contributed by atoms with Gasteiger partial charge in [-0.1, -0.05) is 70.0 Å². The summed E-state index contributed by atoms with van der Waals surface area (Å²) in [6.45, 7) is 8.01. The number of benzene rings is 2. The lowest BCUT2D eigenvalue weighted by atomic mass is 9.83. The number of amidine groups is 2. The molecule has 0 aliphatic rings. The van der Waals surface area contributed by atoms with Gasteiger partial charge in [0.05, 0.1) is 11.6 Å². The molecule has 0 aliphatic heterocycles. The average Bonchev–Trinajstić information content (AvgIpc) is 2.70. The van der Waals surface area contributed by atoms with E-state index in [0.29, 0.717) is 5.56 Å². The lowest BCUT2D eigenvalue weighted by Gasteiger charge is -2.28. The molecule has 7 nitrogen and oxygen atoms in total. The monoisotopic (exact) mass is 441 g/mol. The molecule has 0 saturated heterocycles. The van der Waals surface area contributed by atoms with Crippen molar-refractivity contribution in [1.29, 1.82) is 0 Å². The second-order valence-corrected chi connectivity index (χ2v) is 8.81. The summed E-state index contributed by atoms with van der Waals surface area (Å²) >= 11 is 4.16. The number of nitrogens with one attached hydrogen (secondary N) is 1. The van der Waals surface area contributed by atoms with E-state index in [0.717, 1.165) is 5.56 Å². The molecule has 0 unspecified atom stereocenters. The van der Waals surface area contributed by atoms with E-state index in [2.05, 4.69) is 43.3 Å². The Kier molecular flexibility index (Phi) is 7.73. The van der Waals surface area contributed by atoms with E-state index >= 15 is 0 Å². The van der Waals surface area contributed by atoms with Crippen molar-refractivity contribution in [3.05, 3.63) is 59.2 Å². The van der Waals surface area contributed by atoms with Crippen molar-refractivity contribution in [2.24, 2.45) is 21.1 Å². The van der Waals surface area contributed by atoms with Crippen molar-refractivity contribution in [3.63, 3.8) is 0 Å². The maximum Gasteiger partial charge on any atom is 0.257 e. The zero-order chi connectivity index (χ0) is 23.3. The molecule has 1 amide bonds. The number of thiol groups is 1. The molecule has 0 fully saturated rings. The van der Waals surface area contributed by atoms with Gasteiger partial charge in [0.2, 0.25) is 0 Å². The van der Waals surface area contributed by atoms with Gasteiger partial charge < -0.3 is 20.5 Å². The van der Waals surface area contributed by atoms with Crippen LogP contribution in [-0.4, -0.2) is 41.7 Å². The van der Waals surface area contributed by atoms with Crippen LogP contribution in [0.1, 0.15) is 48.3 Å². The van der Waals surface area contributed by atoms with Crippen molar-refractivity contribution in [2.75, 3.05) is 14.1 Å². The van der Waals surface area contributed by atoms with Gasteiger partial charge in [0.1, 0.15) is 5.69 Å². The molecular weight excluding hydrogens is 410 g/mol. The van der Waals surface area contributed by atoms with Gasteiger partial charge in [-0.3, -0.25) is 9.79 Å². The minimum Gasteiger partial charge on any atom is -0.505 e. The fourth-order valence-corrected chi connectivity index (χ4v) is 3.30. The summed E-state index contributed by atoms with van der Waals surface area (Å²) in [7, 11) is 3.24. The van der Waals surface area contributed by atoms with Crippen LogP contribution in [0.4, 0.5) is 5.69 Å². The molecule has 0 bridgehead atoms. The zero-order valence-corrected chi connectivity index (χ0v) is 19.7. The second-order valence-electron chi connectivity index (χ2n) is 8.59. The van der Waals surface area contributed by atoms with E-state index in [-0.39, 0.29) is 46.0 Å². The minimum absolute atomic E-state index is 0.0441. The predicted octanol–water partition coefficient (Wildman–Crippen LogP) is 4.01. The quantitative estimate of drug-likeness (QED) is 0.327. The van der Waals surface area contributed by atoms with E-state index in [9.17, 15) is 9.90 Å². The van der Waals surface area contributed by atoms with Gasteiger partial charge in [0.15, 0.2) is 17.4 Å². The molecule has 166 valence electrons. The smallest absolute Gasteiger partial charge is 0.257 e. The summed E-state index contributed by atoms with van der Waals surface area (Å²) in [5, 5.41) is 10.7. The van der Waals surface area contributed by atoms with E-state index < -0.39 is 0 Å². The Labute approximate surface area is 189 Å². The van der Waals surface area contributed by atoms with Gasteiger partial charge >= 0.3 is 0 Å². The topological polar surface area (TPSA) is 103 Å². The lowest BCUT2D eigenvalue weighted by molar-refractivity contribution is 0.0824. The molecule has 0 aromatic heterocycles. The van der Waals surface area contributed by atoms with Crippen molar-refractivity contribution in [1.82, 2.24) is 9.62 Å². The number of aromatic hydroxyl groups is 1. The summed E-state index contributed by atoms with van der Waals surface area (Å²) < 4.78 is 2.71. The molecule has 2 aromatic rings. The summed E-state index contributed by atoms with van der Waals surface area (Å²) in [6.07, 6.45) is 0. The van der Waals surface area contributed by atoms with Crippen LogP contribution in [0.5, 0.6) is 5.75 Å². The SMILES string of the molecule is Cc1ccc(N=C(N)C(=N[C@@H](c2ccccc2)C(C)(C)C)NS)c(O)c1C(=O)N(C)C. The van der Waals surface area contributed by atoms with Gasteiger partial charge in [-0.2, -0.15) is 0 Å². The maximum atomic E-state index is 12.5. The van der Waals surface area contributed by atoms with Crippen LogP contribution in [0, 0.1) is 12.3 Å². The molecule has 2 aromatic carbocycles. The number of phenols is 1. The van der Waals surface area contributed by atoms with Crippen LogP contribution in [0.15, 0.2) is 52.4 Å². The lowest BCUT2D eigenvalue weighted by Crippen LogP contribution is -2.33. The van der Waals surface area contributed by atoms with Gasteiger partial charge in [-0.15, -0.1) is 0 Å². The molecule has 1 atom stereocenters. The largest absolute Gasteiger partial charge is 0.505 e. The number of nitrogens with zero attached hydrogens (tertiary/aromatic N) is 3. The average molecular weight is 442 g/mol. The van der Waals surface area contributed by atoms with E-state index in [1.165, 1.54) is 4.90 Å². The molecule has 0 saturated carbocycles. The number of amides is 1. The number of nitrogens with two attached hydrogens (primary N) is 1. The Morgan fingerprint density at radius 3 is 2.29 bits per heavy atom. The third-order valence-corrected chi connectivity index (χ3v) is 4.98. The van der Waals surface area contributed by atoms with E-state index in [4.69, 9.17) is 10.7 Å². The van der Waals surface area contributed by atoms with Crippen LogP contribution >= 0.6 is 12.8 Å². The summed E-state index contributed by atoms with van der Waals surface area (Å²) in [5.74, 6) is -0.227. The molecular formula is C23H31N5O2S. The highest BCUT2D eigenvalue weighted by Gasteiger charge is 2.27. The highest BCUT2D eigenvalue weighted by Crippen LogP contribution is 2.37.